The molecule has 0 saturated heterocycles. The molecule has 1 aliphatic rings. The summed E-state index contributed by atoms with van der Waals surface area (Å²) in [5.74, 6) is -0.144. The average Bonchev–Trinajstić information content (AvgIpc) is 2.46. The molecule has 5 nitrogen and oxygen atoms in total. The minimum absolute atomic E-state index is 0.342. The van der Waals surface area contributed by atoms with E-state index in [4.69, 9.17) is 21.7 Å². The molecule has 0 aromatic heterocycles. The van der Waals surface area contributed by atoms with E-state index in [1.54, 1.807) is 6.92 Å². The quantitative estimate of drug-likeness (QED) is 0.683. The number of methoxy groups -OCH3 is 1. The molecule has 1 aliphatic heterocycles. The first-order chi connectivity index (χ1) is 10.1. The largest absolute Gasteiger partial charge is 0.494 e. The van der Waals surface area contributed by atoms with Gasteiger partial charge in [0.2, 0.25) is 0 Å². The molecule has 112 valence electrons. The van der Waals surface area contributed by atoms with Crippen molar-refractivity contribution in [2.75, 3.05) is 13.7 Å². The van der Waals surface area contributed by atoms with Crippen LogP contribution in [0.15, 0.2) is 29.3 Å². The summed E-state index contributed by atoms with van der Waals surface area (Å²) >= 11 is 5.15. The Balaban J connectivity index is 2.47. The van der Waals surface area contributed by atoms with Gasteiger partial charge in [-0.05, 0) is 32.1 Å². The molecule has 0 saturated carbocycles. The molecule has 2 rings (SSSR count). The number of aliphatic imine (C=N–C) groups is 1. The van der Waals surface area contributed by atoms with Crippen LogP contribution in [0.5, 0.6) is 5.75 Å². The Hall–Kier alpha value is -1.95. The van der Waals surface area contributed by atoms with E-state index >= 15 is 0 Å². The van der Waals surface area contributed by atoms with Crippen LogP contribution in [0.2, 0.25) is 0 Å². The van der Waals surface area contributed by atoms with Gasteiger partial charge >= 0.3 is 5.97 Å². The van der Waals surface area contributed by atoms with Gasteiger partial charge in [-0.15, -0.1) is 0 Å². The van der Waals surface area contributed by atoms with Crippen molar-refractivity contribution < 1.29 is 14.3 Å². The molecule has 0 aliphatic carbocycles. The summed E-state index contributed by atoms with van der Waals surface area (Å²) in [5.41, 5.74) is 1.51. The van der Waals surface area contributed by atoms with Crippen LogP contribution in [0.4, 0.5) is 0 Å². The number of carbonyl (C=O) groups is 1. The van der Waals surface area contributed by atoms with Gasteiger partial charge in [-0.1, -0.05) is 18.2 Å². The van der Waals surface area contributed by atoms with Crippen molar-refractivity contribution in [1.29, 1.82) is 0 Å². The number of hydrogen-bond acceptors (Lipinski definition) is 4. The van der Waals surface area contributed by atoms with Crippen molar-refractivity contribution in [3.05, 3.63) is 29.8 Å². The van der Waals surface area contributed by atoms with Gasteiger partial charge in [0.05, 0.1) is 19.8 Å². The number of esters is 1. The van der Waals surface area contributed by atoms with Crippen LogP contribution >= 0.6 is 12.2 Å². The average molecular weight is 306 g/mol. The van der Waals surface area contributed by atoms with E-state index in [0.717, 1.165) is 11.3 Å². The first-order valence-electron chi connectivity index (χ1n) is 6.73. The van der Waals surface area contributed by atoms with Crippen molar-refractivity contribution in [3.8, 4) is 5.75 Å². The number of benzene rings is 1. The highest BCUT2D eigenvalue weighted by atomic mass is 32.1. The highest BCUT2D eigenvalue weighted by Gasteiger charge is 2.37. The Labute approximate surface area is 129 Å². The Morgan fingerprint density at radius 3 is 2.81 bits per heavy atom. The zero-order valence-electron chi connectivity index (χ0n) is 12.3. The summed E-state index contributed by atoms with van der Waals surface area (Å²) in [4.78, 5) is 16.3. The van der Waals surface area contributed by atoms with Gasteiger partial charge in [0, 0.05) is 11.3 Å². The number of para-hydroxylation sites is 1. The SMILES string of the molecule is CCOc1ccccc1C1NC(=S)N=C(C)C1C(=O)OC. The Morgan fingerprint density at radius 2 is 2.14 bits per heavy atom. The monoisotopic (exact) mass is 306 g/mol. The predicted molar refractivity (Wildman–Crippen MR) is 84.7 cm³/mol. The number of hydrogen-bond donors (Lipinski definition) is 1. The Bertz CT molecular complexity index is 586. The topological polar surface area (TPSA) is 59.9 Å². The van der Waals surface area contributed by atoms with Crippen LogP contribution < -0.4 is 10.1 Å². The summed E-state index contributed by atoms with van der Waals surface area (Å²) in [7, 11) is 1.37. The predicted octanol–water partition coefficient (Wildman–Crippen LogP) is 2.26. The number of rotatable bonds is 4. The smallest absolute Gasteiger partial charge is 0.316 e. The van der Waals surface area contributed by atoms with E-state index in [9.17, 15) is 4.79 Å². The van der Waals surface area contributed by atoms with Gasteiger partial charge in [-0.2, -0.15) is 0 Å². The van der Waals surface area contributed by atoms with Crippen LogP contribution in [0.25, 0.3) is 0 Å². The van der Waals surface area contributed by atoms with Crippen molar-refractivity contribution in [3.63, 3.8) is 0 Å². The number of nitrogens with one attached hydrogen (secondary N) is 1. The molecule has 21 heavy (non-hydrogen) atoms. The minimum atomic E-state index is -0.525. The van der Waals surface area contributed by atoms with Crippen LogP contribution in [0.3, 0.4) is 0 Å². The third kappa shape index (κ3) is 3.21. The lowest BCUT2D eigenvalue weighted by molar-refractivity contribution is -0.143. The molecule has 0 amide bonds. The highest BCUT2D eigenvalue weighted by Crippen LogP contribution is 2.33. The van der Waals surface area contributed by atoms with Crippen molar-refractivity contribution in [1.82, 2.24) is 5.32 Å². The molecular weight excluding hydrogens is 288 g/mol. The lowest BCUT2D eigenvalue weighted by atomic mass is 9.88. The molecule has 1 aromatic rings. The van der Waals surface area contributed by atoms with Crippen LogP contribution in [-0.2, 0) is 9.53 Å². The second-order valence-corrected chi connectivity index (χ2v) is 5.04. The Morgan fingerprint density at radius 1 is 1.43 bits per heavy atom. The van der Waals surface area contributed by atoms with E-state index in [1.807, 2.05) is 31.2 Å². The fourth-order valence-electron chi connectivity index (χ4n) is 2.43. The minimum Gasteiger partial charge on any atom is -0.494 e. The third-order valence-electron chi connectivity index (χ3n) is 3.35. The van der Waals surface area contributed by atoms with Gasteiger partial charge in [-0.25, -0.2) is 4.99 Å². The molecule has 1 heterocycles. The lowest BCUT2D eigenvalue weighted by Crippen LogP contribution is -2.44. The lowest BCUT2D eigenvalue weighted by Gasteiger charge is -2.31. The molecule has 2 atom stereocenters. The number of ether oxygens (including phenoxy) is 2. The van der Waals surface area contributed by atoms with Gasteiger partial charge in [0.15, 0.2) is 5.11 Å². The molecular formula is C15H18N2O3S. The van der Waals surface area contributed by atoms with Crippen LogP contribution in [-0.4, -0.2) is 30.5 Å². The van der Waals surface area contributed by atoms with Crippen molar-refractivity contribution >= 4 is 29.0 Å². The zero-order chi connectivity index (χ0) is 15.4. The summed E-state index contributed by atoms with van der Waals surface area (Å²) in [6.45, 7) is 4.25. The molecule has 1 aromatic carbocycles. The fourth-order valence-corrected chi connectivity index (χ4v) is 2.71. The molecule has 6 heteroatoms. The first kappa shape index (κ1) is 15.4. The number of nitrogens with zero attached hydrogens (tertiary/aromatic N) is 1. The summed E-state index contributed by atoms with van der Waals surface area (Å²) in [6, 6.07) is 7.24. The second-order valence-electron chi connectivity index (χ2n) is 4.65. The summed E-state index contributed by atoms with van der Waals surface area (Å²) < 4.78 is 10.6. The standard InChI is InChI=1S/C15H18N2O3S/c1-4-20-11-8-6-5-7-10(11)13-12(14(18)19-3)9(2)16-15(21)17-13/h5-8,12-13H,4H2,1-3H3,(H,17,21). The molecule has 0 fully saturated rings. The van der Waals surface area contributed by atoms with E-state index < -0.39 is 5.92 Å². The maximum Gasteiger partial charge on any atom is 0.316 e. The van der Waals surface area contributed by atoms with Crippen molar-refractivity contribution in [2.24, 2.45) is 10.9 Å². The molecule has 2 unspecified atom stereocenters. The zero-order valence-corrected chi connectivity index (χ0v) is 13.1. The van der Waals surface area contributed by atoms with Gasteiger partial charge in [0.25, 0.3) is 0 Å². The van der Waals surface area contributed by atoms with Gasteiger partial charge < -0.3 is 14.8 Å². The Kier molecular flexibility index (Phi) is 4.90. The molecule has 0 spiro atoms. The maximum absolute atomic E-state index is 12.1. The molecule has 0 bridgehead atoms. The van der Waals surface area contributed by atoms with E-state index in [-0.39, 0.29) is 12.0 Å². The van der Waals surface area contributed by atoms with Crippen LogP contribution in [0, 0.1) is 5.92 Å². The van der Waals surface area contributed by atoms with Crippen LogP contribution in [0.1, 0.15) is 25.5 Å². The maximum atomic E-state index is 12.1. The van der Waals surface area contributed by atoms with Gasteiger partial charge in [0.1, 0.15) is 11.7 Å². The van der Waals surface area contributed by atoms with E-state index in [1.165, 1.54) is 7.11 Å². The van der Waals surface area contributed by atoms with Gasteiger partial charge in [-0.3, -0.25) is 4.79 Å². The first-order valence-corrected chi connectivity index (χ1v) is 7.14. The summed E-state index contributed by atoms with van der Waals surface area (Å²) in [5, 5.41) is 3.46. The second kappa shape index (κ2) is 6.67. The summed E-state index contributed by atoms with van der Waals surface area (Å²) in [6.07, 6.45) is 0. The van der Waals surface area contributed by atoms with E-state index in [0.29, 0.717) is 17.4 Å². The normalized spacial score (nSPS) is 21.3. The third-order valence-corrected chi connectivity index (χ3v) is 3.56. The molecule has 1 N–H and O–H groups in total. The number of carbonyl (C=O) groups excluding carboxylic acids is 1. The van der Waals surface area contributed by atoms with Crippen molar-refractivity contribution in [2.45, 2.75) is 19.9 Å². The molecule has 0 radical (unpaired) electrons. The van der Waals surface area contributed by atoms with E-state index in [2.05, 4.69) is 10.3 Å². The number of thiocarbonyl (C=S) groups is 1. The highest BCUT2D eigenvalue weighted by molar-refractivity contribution is 7.80. The fraction of sp³-hybridized carbons (Fsp3) is 0.400.